The van der Waals surface area contributed by atoms with Crippen molar-refractivity contribution in [3.05, 3.63) is 27.7 Å². The van der Waals surface area contributed by atoms with E-state index in [1.165, 1.54) is 6.07 Å². The molecule has 0 heterocycles. The average molecular weight is 341 g/mol. The van der Waals surface area contributed by atoms with Crippen molar-refractivity contribution in [1.29, 1.82) is 0 Å². The highest BCUT2D eigenvalue weighted by molar-refractivity contribution is 7.89. The molecule has 0 fully saturated rings. The lowest BCUT2D eigenvalue weighted by Gasteiger charge is -2.09. The summed E-state index contributed by atoms with van der Waals surface area (Å²) in [5, 5.41) is 7.30. The van der Waals surface area contributed by atoms with Gasteiger partial charge in [-0.2, -0.15) is 0 Å². The smallest absolute Gasteiger partial charge is 0.251 e. The molecule has 0 atom stereocenters. The van der Waals surface area contributed by atoms with E-state index in [0.29, 0.717) is 13.2 Å². The number of carbonyl (C=O) groups excluding carboxylic acids is 1. The molecular formula is C11H14Cl2N2O4S. The van der Waals surface area contributed by atoms with E-state index < -0.39 is 15.9 Å². The first kappa shape index (κ1) is 17.2. The molecule has 1 aromatic rings. The largest absolute Gasteiger partial charge is 0.380 e. The van der Waals surface area contributed by atoms with Gasteiger partial charge in [0.15, 0.2) is 0 Å². The molecular weight excluding hydrogens is 327 g/mol. The van der Waals surface area contributed by atoms with Crippen LogP contribution in [-0.4, -0.2) is 34.1 Å². The summed E-state index contributed by atoms with van der Waals surface area (Å²) in [6.07, 6.45) is 0. The van der Waals surface area contributed by atoms with Crippen molar-refractivity contribution in [2.24, 2.45) is 5.14 Å². The Morgan fingerprint density at radius 2 is 2.05 bits per heavy atom. The number of halogens is 2. The predicted octanol–water partition coefficient (Wildman–Crippen LogP) is 1.41. The molecule has 0 aliphatic rings. The first-order valence-electron chi connectivity index (χ1n) is 5.65. The van der Waals surface area contributed by atoms with Gasteiger partial charge in [-0.1, -0.05) is 23.2 Å². The number of ether oxygens (including phenoxy) is 1. The molecule has 0 bridgehead atoms. The molecule has 0 radical (unpaired) electrons. The zero-order valence-electron chi connectivity index (χ0n) is 10.7. The summed E-state index contributed by atoms with van der Waals surface area (Å²) in [5.41, 5.74) is 0.0555. The molecule has 9 heteroatoms. The molecule has 0 saturated heterocycles. The molecule has 1 amide bonds. The highest BCUT2D eigenvalue weighted by Crippen LogP contribution is 2.30. The van der Waals surface area contributed by atoms with Crippen LogP contribution in [0.2, 0.25) is 10.0 Å². The Labute approximate surface area is 127 Å². The fraction of sp³-hybridized carbons (Fsp3) is 0.364. The molecule has 112 valence electrons. The highest BCUT2D eigenvalue weighted by atomic mass is 35.5. The second-order valence-electron chi connectivity index (χ2n) is 3.77. The summed E-state index contributed by atoms with van der Waals surface area (Å²) in [6.45, 7) is 3.01. The molecule has 0 unspecified atom stereocenters. The van der Waals surface area contributed by atoms with E-state index in [-0.39, 0.29) is 27.0 Å². The van der Waals surface area contributed by atoms with Crippen LogP contribution in [0.4, 0.5) is 0 Å². The van der Waals surface area contributed by atoms with Crippen LogP contribution >= 0.6 is 23.2 Å². The normalized spacial score (nSPS) is 11.4. The van der Waals surface area contributed by atoms with Crippen molar-refractivity contribution in [2.75, 3.05) is 19.8 Å². The van der Waals surface area contributed by atoms with E-state index in [0.717, 1.165) is 6.07 Å². The maximum atomic E-state index is 11.8. The van der Waals surface area contributed by atoms with Crippen LogP contribution in [0.5, 0.6) is 0 Å². The van der Waals surface area contributed by atoms with E-state index in [9.17, 15) is 13.2 Å². The van der Waals surface area contributed by atoms with E-state index in [2.05, 4.69) is 5.32 Å². The van der Waals surface area contributed by atoms with E-state index in [1.807, 2.05) is 6.92 Å². The third-order valence-electron chi connectivity index (χ3n) is 2.30. The van der Waals surface area contributed by atoms with Crippen LogP contribution in [0.3, 0.4) is 0 Å². The molecule has 0 aliphatic heterocycles. The molecule has 3 N–H and O–H groups in total. The monoisotopic (exact) mass is 340 g/mol. The highest BCUT2D eigenvalue weighted by Gasteiger charge is 2.19. The summed E-state index contributed by atoms with van der Waals surface area (Å²) in [6, 6.07) is 2.36. The second-order valence-corrected chi connectivity index (χ2v) is 6.08. The zero-order chi connectivity index (χ0) is 15.3. The molecule has 1 rings (SSSR count). The van der Waals surface area contributed by atoms with Gasteiger partial charge < -0.3 is 10.1 Å². The standard InChI is InChI=1S/C11H14Cl2N2O4S/c1-2-19-4-3-15-11(16)7-5-8(12)10(13)9(6-7)20(14,17)18/h5-6H,2-4H2,1H3,(H,15,16)(H2,14,17,18). The van der Waals surface area contributed by atoms with Gasteiger partial charge in [0.1, 0.15) is 4.90 Å². The van der Waals surface area contributed by atoms with Crippen LogP contribution in [0, 0.1) is 0 Å². The zero-order valence-corrected chi connectivity index (χ0v) is 13.0. The van der Waals surface area contributed by atoms with Crippen molar-refractivity contribution < 1.29 is 17.9 Å². The molecule has 0 aromatic heterocycles. The lowest BCUT2D eigenvalue weighted by Crippen LogP contribution is -2.27. The van der Waals surface area contributed by atoms with E-state index >= 15 is 0 Å². The summed E-state index contributed by atoms with van der Waals surface area (Å²) in [4.78, 5) is 11.5. The first-order valence-corrected chi connectivity index (χ1v) is 7.95. The fourth-order valence-corrected chi connectivity index (χ4v) is 2.74. The second kappa shape index (κ2) is 7.24. The third-order valence-corrected chi connectivity index (χ3v) is 4.15. The summed E-state index contributed by atoms with van der Waals surface area (Å²) in [7, 11) is -4.06. The average Bonchev–Trinajstić information content (AvgIpc) is 2.36. The molecule has 6 nitrogen and oxygen atoms in total. The van der Waals surface area contributed by atoms with Gasteiger partial charge in [0.2, 0.25) is 10.0 Å². The molecule has 0 aliphatic carbocycles. The molecule has 0 saturated carbocycles. The third kappa shape index (κ3) is 4.60. The minimum Gasteiger partial charge on any atom is -0.380 e. The lowest BCUT2D eigenvalue weighted by atomic mass is 10.2. The number of hydrogen-bond acceptors (Lipinski definition) is 4. The fourth-order valence-electron chi connectivity index (χ4n) is 1.39. The number of rotatable bonds is 6. The summed E-state index contributed by atoms with van der Waals surface area (Å²) in [5.74, 6) is -0.492. The minimum absolute atomic E-state index is 0.0555. The quantitative estimate of drug-likeness (QED) is 0.764. The van der Waals surface area contributed by atoms with Gasteiger partial charge in [0.05, 0.1) is 16.7 Å². The van der Waals surface area contributed by atoms with Gasteiger partial charge in [-0.3, -0.25) is 4.79 Å². The predicted molar refractivity (Wildman–Crippen MR) is 76.7 cm³/mol. The van der Waals surface area contributed by atoms with Gasteiger partial charge in [-0.25, -0.2) is 13.6 Å². The number of hydrogen-bond donors (Lipinski definition) is 2. The van der Waals surface area contributed by atoms with Crippen molar-refractivity contribution in [2.45, 2.75) is 11.8 Å². The minimum atomic E-state index is -4.06. The Bertz CT molecular complexity index is 605. The number of primary sulfonamides is 1. The van der Waals surface area contributed by atoms with E-state index in [1.54, 1.807) is 0 Å². The van der Waals surface area contributed by atoms with Gasteiger partial charge in [0, 0.05) is 18.7 Å². The summed E-state index contributed by atoms with van der Waals surface area (Å²) < 4.78 is 27.8. The molecule has 20 heavy (non-hydrogen) atoms. The Morgan fingerprint density at radius 1 is 1.40 bits per heavy atom. The van der Waals surface area contributed by atoms with Crippen LogP contribution in [0.1, 0.15) is 17.3 Å². The molecule has 1 aromatic carbocycles. The number of sulfonamides is 1. The van der Waals surface area contributed by atoms with Gasteiger partial charge in [-0.05, 0) is 19.1 Å². The Kier molecular flexibility index (Phi) is 6.22. The SMILES string of the molecule is CCOCCNC(=O)c1cc(Cl)c(Cl)c(S(N)(=O)=O)c1. The van der Waals surface area contributed by atoms with Crippen molar-refractivity contribution >= 4 is 39.1 Å². The van der Waals surface area contributed by atoms with E-state index in [4.69, 9.17) is 33.1 Å². The number of nitrogens with two attached hydrogens (primary N) is 1. The van der Waals surface area contributed by atoms with Crippen LogP contribution in [0.25, 0.3) is 0 Å². The number of nitrogens with one attached hydrogen (secondary N) is 1. The van der Waals surface area contributed by atoms with Crippen molar-refractivity contribution in [3.8, 4) is 0 Å². The number of benzene rings is 1. The van der Waals surface area contributed by atoms with Crippen LogP contribution < -0.4 is 10.5 Å². The topological polar surface area (TPSA) is 98.5 Å². The van der Waals surface area contributed by atoms with Crippen LogP contribution in [-0.2, 0) is 14.8 Å². The van der Waals surface area contributed by atoms with Gasteiger partial charge >= 0.3 is 0 Å². The lowest BCUT2D eigenvalue weighted by molar-refractivity contribution is 0.0922. The van der Waals surface area contributed by atoms with Crippen LogP contribution in [0.15, 0.2) is 17.0 Å². The van der Waals surface area contributed by atoms with Gasteiger partial charge in [-0.15, -0.1) is 0 Å². The van der Waals surface area contributed by atoms with Crippen molar-refractivity contribution in [1.82, 2.24) is 5.32 Å². The van der Waals surface area contributed by atoms with Gasteiger partial charge in [0.25, 0.3) is 5.91 Å². The van der Waals surface area contributed by atoms with Crippen molar-refractivity contribution in [3.63, 3.8) is 0 Å². The maximum absolute atomic E-state index is 11.8. The Balaban J connectivity index is 2.97. The number of carbonyl (C=O) groups is 1. The Morgan fingerprint density at radius 3 is 2.60 bits per heavy atom. The molecule has 0 spiro atoms. The number of amides is 1. The Hall–Kier alpha value is -0.860. The summed E-state index contributed by atoms with van der Waals surface area (Å²) >= 11 is 11.6. The first-order chi connectivity index (χ1) is 9.27. The maximum Gasteiger partial charge on any atom is 0.251 e.